The molecule has 0 N–H and O–H groups in total. The van der Waals surface area contributed by atoms with Gasteiger partial charge in [-0.25, -0.2) is 0 Å². The molecule has 286 valence electrons. The van der Waals surface area contributed by atoms with Crippen molar-refractivity contribution in [2.24, 2.45) is 0 Å². The van der Waals surface area contributed by atoms with E-state index in [1.165, 1.54) is 104 Å². The van der Waals surface area contributed by atoms with Gasteiger partial charge in [0.05, 0.1) is 33.4 Å². The van der Waals surface area contributed by atoms with Crippen LogP contribution in [0.1, 0.15) is 25.0 Å². The lowest BCUT2D eigenvalue weighted by Crippen LogP contribution is -2.15. The smallest absolute Gasteiger partial charge is 0.0702 e. The van der Waals surface area contributed by atoms with Crippen LogP contribution in [0, 0.1) is 0 Å². The number of nitrogens with zero attached hydrogens (tertiary/aromatic N) is 3. The van der Waals surface area contributed by atoms with E-state index in [0.717, 1.165) is 16.9 Å². The summed E-state index contributed by atoms with van der Waals surface area (Å²) < 4.78 is 4.90. The number of hydrogen-bond donors (Lipinski definition) is 0. The standard InChI is InChI=1S/C58H39N3/c1-58(2)50-33-39(22-26-44(50)45-27-23-40(34-51(45)58)52-17-9-10-29-59-52)37-24-28-56-48(31-37)46-15-5-7-18-54(46)60(56)42-25-21-38-32-49-47-16-6-8-19-55(47)61(57(49)35-41(38)30-42)53-20-11-13-36-12-3-4-14-43(36)53/h3-35H,1-2H3. The fraction of sp³-hybridized carbons (Fsp3) is 0.0517. The minimum Gasteiger partial charge on any atom is -0.309 e. The van der Waals surface area contributed by atoms with Crippen molar-refractivity contribution in [1.29, 1.82) is 0 Å². The topological polar surface area (TPSA) is 22.8 Å². The highest BCUT2D eigenvalue weighted by atomic mass is 15.0. The maximum absolute atomic E-state index is 4.64. The Bertz CT molecular complexity index is 3780. The summed E-state index contributed by atoms with van der Waals surface area (Å²) in [6.45, 7) is 4.72. The van der Waals surface area contributed by atoms with E-state index in [-0.39, 0.29) is 5.41 Å². The normalized spacial score (nSPS) is 13.2. The van der Waals surface area contributed by atoms with Crippen LogP contribution in [-0.4, -0.2) is 14.1 Å². The molecule has 3 aromatic heterocycles. The van der Waals surface area contributed by atoms with Crippen LogP contribution in [0.25, 0.3) is 110 Å². The first-order valence-corrected chi connectivity index (χ1v) is 21.2. The van der Waals surface area contributed by atoms with Crippen LogP contribution in [-0.2, 0) is 5.41 Å². The molecule has 0 radical (unpaired) electrons. The summed E-state index contributed by atoms with van der Waals surface area (Å²) in [5.74, 6) is 0. The van der Waals surface area contributed by atoms with Gasteiger partial charge in [0.15, 0.2) is 0 Å². The predicted molar refractivity (Wildman–Crippen MR) is 256 cm³/mol. The molecule has 12 aromatic rings. The van der Waals surface area contributed by atoms with Gasteiger partial charge in [0.2, 0.25) is 0 Å². The molecule has 0 atom stereocenters. The van der Waals surface area contributed by atoms with E-state index in [4.69, 9.17) is 0 Å². The minimum atomic E-state index is -0.142. The van der Waals surface area contributed by atoms with Crippen LogP contribution in [0.4, 0.5) is 0 Å². The minimum absolute atomic E-state index is 0.142. The summed E-state index contributed by atoms with van der Waals surface area (Å²) in [5.41, 5.74) is 17.0. The van der Waals surface area contributed by atoms with Crippen LogP contribution in [0.3, 0.4) is 0 Å². The molecule has 3 heterocycles. The van der Waals surface area contributed by atoms with Crippen molar-refractivity contribution in [3.8, 4) is 44.9 Å². The molecule has 0 saturated heterocycles. The summed E-state index contributed by atoms with van der Waals surface area (Å²) in [6, 6.07) is 71.8. The molecule has 0 fully saturated rings. The third kappa shape index (κ3) is 4.95. The van der Waals surface area contributed by atoms with E-state index in [1.807, 2.05) is 12.3 Å². The Hall–Kier alpha value is -7.75. The maximum Gasteiger partial charge on any atom is 0.0702 e. The molecule has 13 rings (SSSR count). The van der Waals surface area contributed by atoms with E-state index in [9.17, 15) is 0 Å². The number of hydrogen-bond acceptors (Lipinski definition) is 1. The molecule has 3 nitrogen and oxygen atoms in total. The SMILES string of the molecule is CC1(C)c2cc(-c3ccc4c(c3)c3ccccc3n4-c3ccc4cc5c6ccccc6n(-c6cccc7ccccc67)c5cc4c3)ccc2-c2ccc(-c3ccccn3)cc21. The van der Waals surface area contributed by atoms with Crippen molar-refractivity contribution >= 4 is 65.2 Å². The van der Waals surface area contributed by atoms with Crippen LogP contribution in [0.15, 0.2) is 200 Å². The zero-order valence-electron chi connectivity index (χ0n) is 33.9. The monoisotopic (exact) mass is 777 g/mol. The van der Waals surface area contributed by atoms with Gasteiger partial charge in [-0.3, -0.25) is 4.98 Å². The molecule has 9 aromatic carbocycles. The zero-order valence-corrected chi connectivity index (χ0v) is 33.9. The number of para-hydroxylation sites is 2. The molecule has 0 spiro atoms. The van der Waals surface area contributed by atoms with Crippen molar-refractivity contribution < 1.29 is 0 Å². The van der Waals surface area contributed by atoms with E-state index < -0.39 is 0 Å². The van der Waals surface area contributed by atoms with E-state index in [2.05, 4.69) is 216 Å². The van der Waals surface area contributed by atoms with Gasteiger partial charge >= 0.3 is 0 Å². The average Bonchev–Trinajstić information content (AvgIpc) is 3.90. The second-order valence-electron chi connectivity index (χ2n) is 17.2. The van der Waals surface area contributed by atoms with Gasteiger partial charge in [0.25, 0.3) is 0 Å². The highest BCUT2D eigenvalue weighted by Gasteiger charge is 2.36. The van der Waals surface area contributed by atoms with Crippen LogP contribution in [0.2, 0.25) is 0 Å². The fourth-order valence-corrected chi connectivity index (χ4v) is 10.5. The lowest BCUT2D eigenvalue weighted by molar-refractivity contribution is 0.661. The molecule has 0 unspecified atom stereocenters. The molecule has 1 aliphatic carbocycles. The molecule has 0 saturated carbocycles. The molecule has 1 aliphatic rings. The number of aromatic nitrogens is 3. The number of fused-ring (bicyclic) bond motifs is 11. The Morgan fingerprint density at radius 2 is 1.00 bits per heavy atom. The van der Waals surface area contributed by atoms with Crippen LogP contribution in [0.5, 0.6) is 0 Å². The first-order chi connectivity index (χ1) is 30.0. The quantitative estimate of drug-likeness (QED) is 0.174. The molecule has 61 heavy (non-hydrogen) atoms. The Labute approximate surface area is 353 Å². The largest absolute Gasteiger partial charge is 0.309 e. The molecule has 3 heteroatoms. The van der Waals surface area contributed by atoms with Gasteiger partial charge in [-0.15, -0.1) is 0 Å². The summed E-state index contributed by atoms with van der Waals surface area (Å²) >= 11 is 0. The third-order valence-corrected chi connectivity index (χ3v) is 13.5. The lowest BCUT2D eigenvalue weighted by Gasteiger charge is -2.22. The number of pyridine rings is 1. The van der Waals surface area contributed by atoms with Crippen molar-refractivity contribution in [1.82, 2.24) is 14.1 Å². The maximum atomic E-state index is 4.64. The summed E-state index contributed by atoms with van der Waals surface area (Å²) in [4.78, 5) is 4.64. The van der Waals surface area contributed by atoms with Crippen molar-refractivity contribution in [2.45, 2.75) is 19.3 Å². The van der Waals surface area contributed by atoms with Crippen LogP contribution < -0.4 is 0 Å². The summed E-state index contributed by atoms with van der Waals surface area (Å²) in [6.07, 6.45) is 1.87. The van der Waals surface area contributed by atoms with Crippen LogP contribution >= 0.6 is 0 Å². The van der Waals surface area contributed by atoms with Crippen molar-refractivity contribution in [2.75, 3.05) is 0 Å². The van der Waals surface area contributed by atoms with E-state index >= 15 is 0 Å². The third-order valence-electron chi connectivity index (χ3n) is 13.5. The summed E-state index contributed by atoms with van der Waals surface area (Å²) in [7, 11) is 0. The molecular weight excluding hydrogens is 739 g/mol. The number of rotatable bonds is 4. The van der Waals surface area contributed by atoms with Gasteiger partial charge in [0.1, 0.15) is 0 Å². The Balaban J connectivity index is 0.944. The van der Waals surface area contributed by atoms with Gasteiger partial charge in [0, 0.05) is 49.8 Å². The summed E-state index contributed by atoms with van der Waals surface area (Å²) in [5, 5.41) is 9.96. The Kier molecular flexibility index (Phi) is 7.07. The van der Waals surface area contributed by atoms with Gasteiger partial charge in [-0.05, 0) is 128 Å². The molecule has 0 amide bonds. The predicted octanol–water partition coefficient (Wildman–Crippen LogP) is 15.2. The molecule has 0 bridgehead atoms. The lowest BCUT2D eigenvalue weighted by atomic mass is 9.81. The van der Waals surface area contributed by atoms with Gasteiger partial charge in [-0.1, -0.05) is 129 Å². The second-order valence-corrected chi connectivity index (χ2v) is 17.2. The Morgan fingerprint density at radius 1 is 0.377 bits per heavy atom. The first-order valence-electron chi connectivity index (χ1n) is 21.2. The van der Waals surface area contributed by atoms with E-state index in [1.54, 1.807) is 0 Å². The zero-order chi connectivity index (χ0) is 40.4. The van der Waals surface area contributed by atoms with Crippen molar-refractivity contribution in [3.05, 3.63) is 211 Å². The second kappa shape index (κ2) is 12.6. The fourth-order valence-electron chi connectivity index (χ4n) is 10.5. The Morgan fingerprint density at radius 3 is 1.79 bits per heavy atom. The molecule has 0 aliphatic heterocycles. The average molecular weight is 778 g/mol. The highest BCUT2D eigenvalue weighted by molar-refractivity contribution is 6.15. The van der Waals surface area contributed by atoms with Gasteiger partial charge < -0.3 is 9.13 Å². The van der Waals surface area contributed by atoms with Crippen molar-refractivity contribution in [3.63, 3.8) is 0 Å². The van der Waals surface area contributed by atoms with E-state index in [0.29, 0.717) is 0 Å². The highest BCUT2D eigenvalue weighted by Crippen LogP contribution is 2.51. The first kappa shape index (κ1) is 34.1. The van der Waals surface area contributed by atoms with Gasteiger partial charge in [-0.2, -0.15) is 0 Å². The number of benzene rings is 9. The molecular formula is C58H39N3.